The molecule has 0 saturated heterocycles. The third-order valence-electron chi connectivity index (χ3n) is 3.23. The predicted molar refractivity (Wildman–Crippen MR) is 70.1 cm³/mol. The number of hydrogen-bond acceptors (Lipinski definition) is 5. The predicted octanol–water partition coefficient (Wildman–Crippen LogP) is -2.05. The molecule has 110 valence electrons. The maximum absolute atomic E-state index is 10.4. The SMILES string of the molecule is CN(C)C(C(O)C[N+](C)(C)C)C(CO)(CO)CO. The summed E-state index contributed by atoms with van der Waals surface area (Å²) in [6.45, 7) is -0.671. The molecule has 0 bridgehead atoms. The van der Waals surface area contributed by atoms with Crippen LogP contribution in [0.5, 0.6) is 0 Å². The van der Waals surface area contributed by atoms with Crippen LogP contribution in [0.15, 0.2) is 0 Å². The Labute approximate surface area is 110 Å². The Morgan fingerprint density at radius 3 is 1.61 bits per heavy atom. The van der Waals surface area contributed by atoms with Crippen LogP contribution in [0.25, 0.3) is 0 Å². The first kappa shape index (κ1) is 17.8. The summed E-state index contributed by atoms with van der Waals surface area (Å²) in [5, 5.41) is 38.8. The van der Waals surface area contributed by atoms with Gasteiger partial charge in [-0.3, -0.25) is 0 Å². The van der Waals surface area contributed by atoms with Crippen molar-refractivity contribution in [3.05, 3.63) is 0 Å². The van der Waals surface area contributed by atoms with Crippen molar-refractivity contribution in [2.45, 2.75) is 12.1 Å². The number of nitrogens with zero attached hydrogens (tertiary/aromatic N) is 2. The molecule has 0 rings (SSSR count). The van der Waals surface area contributed by atoms with Crippen LogP contribution in [-0.4, -0.2) is 104 Å². The van der Waals surface area contributed by atoms with E-state index in [4.69, 9.17) is 0 Å². The first-order valence-corrected chi connectivity index (χ1v) is 6.11. The summed E-state index contributed by atoms with van der Waals surface area (Å²) in [7, 11) is 9.38. The second-order valence-corrected chi connectivity index (χ2v) is 6.29. The number of rotatable bonds is 8. The number of aliphatic hydroxyl groups is 4. The molecule has 2 atom stereocenters. The zero-order chi connectivity index (χ0) is 14.6. The van der Waals surface area contributed by atoms with Crippen LogP contribution in [0.1, 0.15) is 0 Å². The van der Waals surface area contributed by atoms with Gasteiger partial charge in [-0.15, -0.1) is 0 Å². The zero-order valence-corrected chi connectivity index (χ0v) is 12.2. The highest BCUT2D eigenvalue weighted by molar-refractivity contribution is 4.94. The monoisotopic (exact) mass is 265 g/mol. The van der Waals surface area contributed by atoms with E-state index in [0.29, 0.717) is 11.0 Å². The summed E-state index contributed by atoms with van der Waals surface area (Å²) in [5.41, 5.74) is -1.11. The molecule has 0 aliphatic carbocycles. The lowest BCUT2D eigenvalue weighted by Gasteiger charge is -2.44. The molecule has 0 aromatic rings. The van der Waals surface area contributed by atoms with E-state index in [0.717, 1.165) is 0 Å². The molecule has 0 aliphatic heterocycles. The third kappa shape index (κ3) is 4.46. The smallest absolute Gasteiger partial charge is 0.119 e. The molecule has 2 unspecified atom stereocenters. The van der Waals surface area contributed by atoms with Crippen LogP contribution in [0.2, 0.25) is 0 Å². The van der Waals surface area contributed by atoms with Gasteiger partial charge in [0.15, 0.2) is 0 Å². The van der Waals surface area contributed by atoms with Gasteiger partial charge in [0.1, 0.15) is 12.6 Å². The van der Waals surface area contributed by atoms with Crippen LogP contribution in [0.4, 0.5) is 0 Å². The molecule has 0 radical (unpaired) electrons. The van der Waals surface area contributed by atoms with Gasteiger partial charge >= 0.3 is 0 Å². The Bertz CT molecular complexity index is 228. The normalized spacial score (nSPS) is 17.0. The molecule has 0 heterocycles. The highest BCUT2D eigenvalue weighted by Gasteiger charge is 2.44. The average molecular weight is 265 g/mol. The second-order valence-electron chi connectivity index (χ2n) is 6.29. The Hall–Kier alpha value is -0.240. The molecule has 0 aromatic heterocycles. The molecule has 4 N–H and O–H groups in total. The summed E-state index contributed by atoms with van der Waals surface area (Å²) in [4.78, 5) is 1.74. The Balaban J connectivity index is 5.16. The summed E-state index contributed by atoms with van der Waals surface area (Å²) >= 11 is 0. The van der Waals surface area contributed by atoms with E-state index in [2.05, 4.69) is 0 Å². The highest BCUT2D eigenvalue weighted by atomic mass is 16.3. The first-order chi connectivity index (χ1) is 8.13. The van der Waals surface area contributed by atoms with E-state index in [1.807, 2.05) is 21.1 Å². The molecule has 0 amide bonds. The molecule has 0 aliphatic rings. The van der Waals surface area contributed by atoms with Gasteiger partial charge in [-0.2, -0.15) is 0 Å². The molecule has 0 aromatic carbocycles. The van der Waals surface area contributed by atoms with Crippen molar-refractivity contribution in [3.63, 3.8) is 0 Å². The minimum absolute atomic E-state index is 0.378. The largest absolute Gasteiger partial charge is 0.396 e. The number of hydrogen-bond donors (Lipinski definition) is 4. The van der Waals surface area contributed by atoms with Crippen molar-refractivity contribution in [3.8, 4) is 0 Å². The van der Waals surface area contributed by atoms with Crippen molar-refractivity contribution in [1.82, 2.24) is 4.90 Å². The summed E-state index contributed by atoms with van der Waals surface area (Å²) in [6, 6.07) is -0.519. The fraction of sp³-hybridized carbons (Fsp3) is 1.00. The van der Waals surface area contributed by atoms with E-state index < -0.39 is 17.6 Å². The van der Waals surface area contributed by atoms with Crippen LogP contribution in [0, 0.1) is 5.41 Å². The Morgan fingerprint density at radius 2 is 1.39 bits per heavy atom. The van der Waals surface area contributed by atoms with E-state index >= 15 is 0 Å². The zero-order valence-electron chi connectivity index (χ0n) is 12.2. The number of likely N-dealkylation sites (N-methyl/N-ethyl adjacent to an activating group) is 2. The standard InChI is InChI=1S/C12H29N2O4/c1-13(2)11(10(18)6-14(3,4)5)12(7-15,8-16)9-17/h10-11,15-18H,6-9H2,1-5H3/q+1. The minimum Gasteiger partial charge on any atom is -0.396 e. The lowest BCUT2D eigenvalue weighted by atomic mass is 9.78. The van der Waals surface area contributed by atoms with Gasteiger partial charge in [-0.05, 0) is 14.1 Å². The first-order valence-electron chi connectivity index (χ1n) is 6.11. The average Bonchev–Trinajstić information content (AvgIpc) is 2.22. The lowest BCUT2D eigenvalue weighted by molar-refractivity contribution is -0.874. The Kier molecular flexibility index (Phi) is 6.70. The third-order valence-corrected chi connectivity index (χ3v) is 3.23. The molecule has 6 nitrogen and oxygen atoms in total. The van der Waals surface area contributed by atoms with Crippen LogP contribution >= 0.6 is 0 Å². The lowest BCUT2D eigenvalue weighted by Crippen LogP contribution is -2.60. The topological polar surface area (TPSA) is 84.2 Å². The van der Waals surface area contributed by atoms with Gasteiger partial charge in [-0.25, -0.2) is 0 Å². The minimum atomic E-state index is -1.11. The van der Waals surface area contributed by atoms with Gasteiger partial charge in [0.25, 0.3) is 0 Å². The van der Waals surface area contributed by atoms with E-state index in [-0.39, 0.29) is 19.8 Å². The number of quaternary nitrogens is 1. The molecular weight excluding hydrogens is 236 g/mol. The molecule has 6 heteroatoms. The van der Waals surface area contributed by atoms with Crippen LogP contribution in [-0.2, 0) is 0 Å². The van der Waals surface area contributed by atoms with Gasteiger partial charge in [0.05, 0.1) is 52.4 Å². The highest BCUT2D eigenvalue weighted by Crippen LogP contribution is 2.27. The maximum atomic E-state index is 10.4. The Morgan fingerprint density at radius 1 is 1.00 bits per heavy atom. The fourth-order valence-electron chi connectivity index (χ4n) is 2.39. The van der Waals surface area contributed by atoms with Crippen molar-refractivity contribution >= 4 is 0 Å². The summed E-state index contributed by atoms with van der Waals surface area (Å²) in [6.07, 6.45) is -0.758. The van der Waals surface area contributed by atoms with Gasteiger partial charge in [-0.1, -0.05) is 0 Å². The van der Waals surface area contributed by atoms with Gasteiger partial charge in [0, 0.05) is 0 Å². The molecule has 0 spiro atoms. The quantitative estimate of drug-likeness (QED) is 0.380. The number of aliphatic hydroxyl groups excluding tert-OH is 4. The molecule has 0 fully saturated rings. The summed E-state index contributed by atoms with van der Waals surface area (Å²) < 4.78 is 0.559. The van der Waals surface area contributed by atoms with Crippen molar-refractivity contribution < 1.29 is 24.9 Å². The summed E-state index contributed by atoms with van der Waals surface area (Å²) in [5.74, 6) is 0. The van der Waals surface area contributed by atoms with E-state index in [1.54, 1.807) is 19.0 Å². The molecular formula is C12H29N2O4+. The van der Waals surface area contributed by atoms with E-state index in [9.17, 15) is 20.4 Å². The van der Waals surface area contributed by atoms with Crippen molar-refractivity contribution in [2.75, 3.05) is 61.6 Å². The van der Waals surface area contributed by atoms with Crippen molar-refractivity contribution in [2.24, 2.45) is 5.41 Å². The second kappa shape index (κ2) is 6.79. The van der Waals surface area contributed by atoms with Crippen LogP contribution in [0.3, 0.4) is 0 Å². The van der Waals surface area contributed by atoms with Gasteiger partial charge < -0.3 is 29.8 Å². The fourth-order valence-corrected chi connectivity index (χ4v) is 2.39. The van der Waals surface area contributed by atoms with Crippen LogP contribution < -0.4 is 0 Å². The van der Waals surface area contributed by atoms with E-state index in [1.165, 1.54) is 0 Å². The maximum Gasteiger partial charge on any atom is 0.119 e. The molecule has 18 heavy (non-hydrogen) atoms. The van der Waals surface area contributed by atoms with Gasteiger partial charge in [0.2, 0.25) is 0 Å². The molecule has 0 saturated carbocycles. The van der Waals surface area contributed by atoms with Crippen molar-refractivity contribution in [1.29, 1.82) is 0 Å².